The Labute approximate surface area is 203 Å². The van der Waals surface area contributed by atoms with Crippen molar-refractivity contribution in [1.29, 1.82) is 0 Å². The Morgan fingerprint density at radius 3 is 2.41 bits per heavy atom. The van der Waals surface area contributed by atoms with Gasteiger partial charge in [0.25, 0.3) is 0 Å². The van der Waals surface area contributed by atoms with Crippen LogP contribution in [0, 0.1) is 0 Å². The molecular formula is C26H25ClN4O3. The van der Waals surface area contributed by atoms with Gasteiger partial charge in [-0.3, -0.25) is 14.5 Å². The van der Waals surface area contributed by atoms with E-state index in [-0.39, 0.29) is 18.4 Å². The lowest BCUT2D eigenvalue weighted by Crippen LogP contribution is -2.54. The summed E-state index contributed by atoms with van der Waals surface area (Å²) in [5.74, 6) is -0.582. The van der Waals surface area contributed by atoms with E-state index in [0.29, 0.717) is 35.8 Å². The topological polar surface area (TPSA) is 90.5 Å². The summed E-state index contributed by atoms with van der Waals surface area (Å²) in [6.07, 6.45) is 0.954. The largest absolute Gasteiger partial charge is 0.354 e. The van der Waals surface area contributed by atoms with Gasteiger partial charge in [-0.05, 0) is 41.8 Å². The average molecular weight is 477 g/mol. The molecule has 3 aromatic carbocycles. The monoisotopic (exact) mass is 476 g/mol. The summed E-state index contributed by atoms with van der Waals surface area (Å²) in [5, 5.41) is 9.17. The van der Waals surface area contributed by atoms with E-state index in [1.54, 1.807) is 24.3 Å². The van der Waals surface area contributed by atoms with Crippen LogP contribution in [0.1, 0.15) is 11.1 Å². The van der Waals surface area contributed by atoms with Gasteiger partial charge in [0.1, 0.15) is 12.6 Å². The molecule has 4 amide bonds. The van der Waals surface area contributed by atoms with Crippen LogP contribution in [-0.2, 0) is 22.4 Å². The predicted molar refractivity (Wildman–Crippen MR) is 133 cm³/mol. The van der Waals surface area contributed by atoms with Crippen molar-refractivity contribution >= 4 is 40.8 Å². The summed E-state index contributed by atoms with van der Waals surface area (Å²) in [7, 11) is 0. The van der Waals surface area contributed by atoms with E-state index in [9.17, 15) is 14.4 Å². The van der Waals surface area contributed by atoms with E-state index in [1.165, 1.54) is 4.90 Å². The molecule has 4 rings (SSSR count). The van der Waals surface area contributed by atoms with Gasteiger partial charge in [-0.1, -0.05) is 66.2 Å². The Hall–Kier alpha value is -3.84. The number of benzene rings is 3. The summed E-state index contributed by atoms with van der Waals surface area (Å²) in [5.41, 5.74) is 3.10. The second kappa shape index (κ2) is 10.9. The number of hydrogen-bond acceptors (Lipinski definition) is 3. The number of halogens is 1. The Balaban J connectivity index is 1.46. The highest BCUT2D eigenvalue weighted by molar-refractivity contribution is 6.30. The van der Waals surface area contributed by atoms with Crippen molar-refractivity contribution in [2.75, 3.05) is 23.3 Å². The molecule has 8 heteroatoms. The number of para-hydroxylation sites is 2. The molecule has 0 unspecified atom stereocenters. The Morgan fingerprint density at radius 2 is 1.65 bits per heavy atom. The maximum atomic E-state index is 13.2. The number of fused-ring (bicyclic) bond motifs is 1. The maximum Gasteiger partial charge on any atom is 0.323 e. The number of nitrogens with zero attached hydrogens (tertiary/aromatic N) is 1. The smallest absolute Gasteiger partial charge is 0.323 e. The van der Waals surface area contributed by atoms with Gasteiger partial charge in [0.15, 0.2) is 0 Å². The summed E-state index contributed by atoms with van der Waals surface area (Å²) in [6, 6.07) is 22.7. The van der Waals surface area contributed by atoms with Gasteiger partial charge in [-0.2, -0.15) is 0 Å². The molecule has 0 aromatic heterocycles. The number of carbonyl (C=O) groups is 3. The normalized spacial score (nSPS) is 13.4. The molecule has 3 N–H and O–H groups in total. The highest BCUT2D eigenvalue weighted by Gasteiger charge is 2.30. The number of amides is 4. The molecule has 0 aliphatic carbocycles. The summed E-state index contributed by atoms with van der Waals surface area (Å²) >= 11 is 5.93. The van der Waals surface area contributed by atoms with Crippen LogP contribution in [-0.4, -0.2) is 37.0 Å². The molecule has 0 bridgehead atoms. The number of rotatable bonds is 7. The van der Waals surface area contributed by atoms with E-state index in [4.69, 9.17) is 11.6 Å². The van der Waals surface area contributed by atoms with Crippen LogP contribution < -0.4 is 20.9 Å². The summed E-state index contributed by atoms with van der Waals surface area (Å²) in [4.78, 5) is 39.7. The maximum absolute atomic E-state index is 13.2. The van der Waals surface area contributed by atoms with E-state index in [0.717, 1.165) is 11.1 Å². The van der Waals surface area contributed by atoms with E-state index in [2.05, 4.69) is 16.0 Å². The van der Waals surface area contributed by atoms with Crippen molar-refractivity contribution in [1.82, 2.24) is 10.6 Å². The number of anilines is 2. The molecule has 0 spiro atoms. The summed E-state index contributed by atoms with van der Waals surface area (Å²) in [6.45, 7) is 0.287. The van der Waals surface area contributed by atoms with Gasteiger partial charge in [0, 0.05) is 18.0 Å². The molecule has 1 heterocycles. The fourth-order valence-corrected chi connectivity index (χ4v) is 3.93. The molecule has 0 saturated heterocycles. The van der Waals surface area contributed by atoms with Gasteiger partial charge < -0.3 is 16.0 Å². The molecule has 0 fully saturated rings. The van der Waals surface area contributed by atoms with Crippen LogP contribution >= 0.6 is 11.6 Å². The zero-order chi connectivity index (χ0) is 23.9. The lowest BCUT2D eigenvalue weighted by Gasteiger charge is -2.30. The van der Waals surface area contributed by atoms with Gasteiger partial charge >= 0.3 is 6.03 Å². The minimum Gasteiger partial charge on any atom is -0.354 e. The highest BCUT2D eigenvalue weighted by Crippen LogP contribution is 2.28. The second-order valence-corrected chi connectivity index (χ2v) is 8.45. The quantitative estimate of drug-likeness (QED) is 0.484. The third-order valence-electron chi connectivity index (χ3n) is 5.54. The Kier molecular flexibility index (Phi) is 7.44. The van der Waals surface area contributed by atoms with Crippen LogP contribution in [0.5, 0.6) is 0 Å². The molecule has 174 valence electrons. The van der Waals surface area contributed by atoms with Crippen LogP contribution in [0.15, 0.2) is 78.9 Å². The SMILES string of the molecule is O=C1CN(C(=O)N[C@H](Cc2ccccc2)C(=O)NCCc2ccc(Cl)cc2)c2ccccc2N1. The fourth-order valence-electron chi connectivity index (χ4n) is 3.80. The first kappa shape index (κ1) is 23.3. The minimum atomic E-state index is -0.808. The zero-order valence-corrected chi connectivity index (χ0v) is 19.2. The van der Waals surface area contributed by atoms with Crippen molar-refractivity contribution in [3.05, 3.63) is 95.0 Å². The van der Waals surface area contributed by atoms with Crippen LogP contribution in [0.2, 0.25) is 5.02 Å². The third-order valence-corrected chi connectivity index (χ3v) is 5.79. The first-order chi connectivity index (χ1) is 16.5. The van der Waals surface area contributed by atoms with Crippen molar-refractivity contribution in [3.63, 3.8) is 0 Å². The van der Waals surface area contributed by atoms with E-state index >= 15 is 0 Å². The Bertz CT molecular complexity index is 1170. The van der Waals surface area contributed by atoms with Gasteiger partial charge in [-0.25, -0.2) is 4.79 Å². The lowest BCUT2D eigenvalue weighted by atomic mass is 10.0. The predicted octanol–water partition coefficient (Wildman–Crippen LogP) is 3.78. The Morgan fingerprint density at radius 1 is 0.941 bits per heavy atom. The standard InChI is InChI=1S/C26H25ClN4O3/c27-20-12-10-18(11-13-20)14-15-28-25(33)22(16-19-6-2-1-3-7-19)30-26(34)31-17-24(32)29-21-8-4-5-9-23(21)31/h1-13,22H,14-17H2,(H,28,33)(H,29,32)(H,30,34)/t22-/m1/s1. The van der Waals surface area contributed by atoms with Crippen LogP contribution in [0.3, 0.4) is 0 Å². The van der Waals surface area contributed by atoms with Gasteiger partial charge in [0.05, 0.1) is 11.4 Å². The van der Waals surface area contributed by atoms with Crippen LogP contribution in [0.25, 0.3) is 0 Å². The summed E-state index contributed by atoms with van der Waals surface area (Å²) < 4.78 is 0. The minimum absolute atomic E-state index is 0.126. The average Bonchev–Trinajstić information content (AvgIpc) is 2.84. The molecule has 1 aliphatic rings. The number of nitrogens with one attached hydrogen (secondary N) is 3. The molecule has 0 saturated carbocycles. The molecule has 7 nitrogen and oxygen atoms in total. The number of urea groups is 1. The van der Waals surface area contributed by atoms with Gasteiger partial charge in [0.2, 0.25) is 11.8 Å². The molecule has 34 heavy (non-hydrogen) atoms. The van der Waals surface area contributed by atoms with Crippen molar-refractivity contribution in [2.24, 2.45) is 0 Å². The molecular weight excluding hydrogens is 452 g/mol. The molecule has 1 atom stereocenters. The van der Waals surface area contributed by atoms with Crippen LogP contribution in [0.4, 0.5) is 16.2 Å². The van der Waals surface area contributed by atoms with Crippen molar-refractivity contribution in [2.45, 2.75) is 18.9 Å². The number of hydrogen-bond donors (Lipinski definition) is 3. The van der Waals surface area contributed by atoms with Crippen molar-refractivity contribution < 1.29 is 14.4 Å². The highest BCUT2D eigenvalue weighted by atomic mass is 35.5. The zero-order valence-electron chi connectivity index (χ0n) is 18.5. The molecule has 3 aromatic rings. The van der Waals surface area contributed by atoms with Crippen molar-refractivity contribution in [3.8, 4) is 0 Å². The first-order valence-electron chi connectivity index (χ1n) is 11.0. The van der Waals surface area contributed by atoms with E-state index in [1.807, 2.05) is 54.6 Å². The fraction of sp³-hybridized carbons (Fsp3) is 0.192. The number of carbonyl (C=O) groups excluding carboxylic acids is 3. The molecule has 0 radical (unpaired) electrons. The lowest BCUT2D eigenvalue weighted by molar-refractivity contribution is -0.122. The van der Waals surface area contributed by atoms with Gasteiger partial charge in [-0.15, -0.1) is 0 Å². The second-order valence-electron chi connectivity index (χ2n) is 8.01. The third kappa shape index (κ3) is 5.94. The van der Waals surface area contributed by atoms with E-state index < -0.39 is 12.1 Å². The molecule has 1 aliphatic heterocycles. The first-order valence-corrected chi connectivity index (χ1v) is 11.4.